The fraction of sp³-hybridized carbons (Fsp3) is 0.878. The summed E-state index contributed by atoms with van der Waals surface area (Å²) in [5, 5.41) is 9.60. The Bertz CT molecular complexity index is 821. The molecule has 0 aromatic carbocycles. The highest BCUT2D eigenvalue weighted by molar-refractivity contribution is 5.70. The van der Waals surface area contributed by atoms with Gasteiger partial charge in [-0.25, -0.2) is 0 Å². The third kappa shape index (κ3) is 43.1. The molecule has 0 heterocycles. The zero-order valence-electron chi connectivity index (χ0n) is 36.3. The number of rotatable bonds is 44. The molecule has 0 rings (SSSR count). The summed E-state index contributed by atoms with van der Waals surface area (Å²) >= 11 is 0. The van der Waals surface area contributed by atoms with E-state index in [2.05, 4.69) is 38.2 Å². The zero-order chi connectivity index (χ0) is 39.3. The number of unbranched alkanes of at least 4 members (excludes halogenated alkanes) is 32. The second kappa shape index (κ2) is 45.8. The zero-order valence-corrected chi connectivity index (χ0v) is 36.3. The van der Waals surface area contributed by atoms with Crippen molar-refractivity contribution in [3.8, 4) is 0 Å². The van der Waals surface area contributed by atoms with Crippen molar-refractivity contribution in [1.29, 1.82) is 0 Å². The molecule has 5 heteroatoms. The van der Waals surface area contributed by atoms with Crippen molar-refractivity contribution in [2.45, 2.75) is 264 Å². The Labute approximate surface area is 336 Å². The first-order chi connectivity index (χ1) is 26.6. The maximum Gasteiger partial charge on any atom is 0.306 e. The highest BCUT2D eigenvalue weighted by Crippen LogP contribution is 2.15. The Kier molecular flexibility index (Phi) is 44.4. The first-order valence-electron chi connectivity index (χ1n) is 23.9. The molecule has 1 N–H and O–H groups in total. The lowest BCUT2D eigenvalue weighted by atomic mass is 10.0. The summed E-state index contributed by atoms with van der Waals surface area (Å²) in [4.78, 5) is 24.4. The minimum absolute atomic E-state index is 0.0630. The molecule has 54 heavy (non-hydrogen) atoms. The lowest BCUT2D eigenvalue weighted by molar-refractivity contribution is -0.161. The van der Waals surface area contributed by atoms with Crippen LogP contribution in [0.5, 0.6) is 0 Å². The Balaban J connectivity index is 3.48. The van der Waals surface area contributed by atoms with E-state index in [0.29, 0.717) is 12.8 Å². The average molecular weight is 761 g/mol. The van der Waals surface area contributed by atoms with Crippen molar-refractivity contribution in [2.24, 2.45) is 0 Å². The fourth-order valence-electron chi connectivity index (χ4n) is 7.07. The van der Waals surface area contributed by atoms with E-state index in [1.54, 1.807) is 0 Å². The molecule has 318 valence electrons. The van der Waals surface area contributed by atoms with Gasteiger partial charge in [-0.05, 0) is 64.2 Å². The average Bonchev–Trinajstić information content (AvgIpc) is 3.17. The molecule has 0 amide bonds. The van der Waals surface area contributed by atoms with Gasteiger partial charge in [0.25, 0.3) is 0 Å². The predicted molar refractivity (Wildman–Crippen MR) is 233 cm³/mol. The first-order valence-corrected chi connectivity index (χ1v) is 23.9. The third-order valence-electron chi connectivity index (χ3n) is 10.7. The highest BCUT2D eigenvalue weighted by Gasteiger charge is 2.16. The SMILES string of the molecule is CCCCCCCC/C=C\CCCCCCCCCCCCCC(=O)OC[C@H](CO)OC(=O)CCCCCCCCCCC/C=C\CCCCCCCC. The number of aliphatic hydroxyl groups excluding tert-OH is 1. The molecule has 0 aliphatic heterocycles. The number of ether oxygens (including phenoxy) is 2. The monoisotopic (exact) mass is 761 g/mol. The lowest BCUT2D eigenvalue weighted by Crippen LogP contribution is -2.28. The van der Waals surface area contributed by atoms with E-state index in [1.807, 2.05) is 0 Å². The number of hydrogen-bond acceptors (Lipinski definition) is 5. The van der Waals surface area contributed by atoms with Crippen LogP contribution >= 0.6 is 0 Å². The van der Waals surface area contributed by atoms with Gasteiger partial charge >= 0.3 is 11.9 Å². The highest BCUT2D eigenvalue weighted by atomic mass is 16.6. The van der Waals surface area contributed by atoms with Crippen LogP contribution in [0.1, 0.15) is 258 Å². The minimum atomic E-state index is -0.770. The maximum atomic E-state index is 12.2. The van der Waals surface area contributed by atoms with Gasteiger partial charge in [-0.15, -0.1) is 0 Å². The summed E-state index contributed by atoms with van der Waals surface area (Å²) in [6, 6.07) is 0. The Morgan fingerprint density at radius 2 is 0.685 bits per heavy atom. The molecular formula is C49H92O5. The number of esters is 2. The predicted octanol–water partition coefficient (Wildman–Crippen LogP) is 15.4. The molecule has 0 aromatic rings. The van der Waals surface area contributed by atoms with E-state index in [9.17, 15) is 14.7 Å². The van der Waals surface area contributed by atoms with Crippen molar-refractivity contribution in [1.82, 2.24) is 0 Å². The van der Waals surface area contributed by atoms with Crippen LogP contribution in [0.4, 0.5) is 0 Å². The summed E-state index contributed by atoms with van der Waals surface area (Å²) < 4.78 is 10.7. The van der Waals surface area contributed by atoms with Crippen LogP contribution < -0.4 is 0 Å². The van der Waals surface area contributed by atoms with Gasteiger partial charge in [0.2, 0.25) is 0 Å². The van der Waals surface area contributed by atoms with Crippen LogP contribution in [0, 0.1) is 0 Å². The Hall–Kier alpha value is -1.62. The normalized spacial score (nSPS) is 12.3. The second-order valence-electron chi connectivity index (χ2n) is 16.2. The van der Waals surface area contributed by atoms with Gasteiger partial charge < -0.3 is 14.6 Å². The van der Waals surface area contributed by atoms with Crippen LogP contribution in [0.25, 0.3) is 0 Å². The number of carbonyl (C=O) groups excluding carboxylic acids is 2. The van der Waals surface area contributed by atoms with E-state index in [-0.39, 0.29) is 25.2 Å². The van der Waals surface area contributed by atoms with Gasteiger partial charge in [-0.2, -0.15) is 0 Å². The molecule has 0 radical (unpaired) electrons. The van der Waals surface area contributed by atoms with Gasteiger partial charge in [-0.1, -0.05) is 205 Å². The molecule has 0 unspecified atom stereocenters. The summed E-state index contributed by atoms with van der Waals surface area (Å²) in [5.74, 6) is -0.582. The van der Waals surface area contributed by atoms with E-state index in [0.717, 1.165) is 38.5 Å². The molecule has 5 nitrogen and oxygen atoms in total. The quantitative estimate of drug-likeness (QED) is 0.0380. The number of hydrogen-bond donors (Lipinski definition) is 1. The Morgan fingerprint density at radius 1 is 0.407 bits per heavy atom. The van der Waals surface area contributed by atoms with Crippen LogP contribution in [0.2, 0.25) is 0 Å². The van der Waals surface area contributed by atoms with Crippen LogP contribution in [-0.2, 0) is 19.1 Å². The van der Waals surface area contributed by atoms with Gasteiger partial charge in [0.15, 0.2) is 6.10 Å². The van der Waals surface area contributed by atoms with Crippen molar-refractivity contribution in [2.75, 3.05) is 13.2 Å². The molecule has 0 aliphatic carbocycles. The minimum Gasteiger partial charge on any atom is -0.462 e. The molecule has 0 aromatic heterocycles. The fourth-order valence-corrected chi connectivity index (χ4v) is 7.07. The van der Waals surface area contributed by atoms with Crippen molar-refractivity contribution in [3.63, 3.8) is 0 Å². The molecule has 0 fully saturated rings. The number of carbonyl (C=O) groups is 2. The number of aliphatic hydroxyl groups is 1. The van der Waals surface area contributed by atoms with Crippen molar-refractivity contribution >= 4 is 11.9 Å². The van der Waals surface area contributed by atoms with Crippen LogP contribution in [0.3, 0.4) is 0 Å². The molecule has 0 aliphatic rings. The summed E-state index contributed by atoms with van der Waals surface area (Å²) in [7, 11) is 0. The molecule has 1 atom stereocenters. The third-order valence-corrected chi connectivity index (χ3v) is 10.7. The molecule has 0 saturated heterocycles. The maximum absolute atomic E-state index is 12.2. The van der Waals surface area contributed by atoms with E-state index < -0.39 is 6.10 Å². The molecule has 0 bridgehead atoms. The second-order valence-corrected chi connectivity index (χ2v) is 16.2. The van der Waals surface area contributed by atoms with Gasteiger partial charge in [-0.3, -0.25) is 9.59 Å². The largest absolute Gasteiger partial charge is 0.462 e. The van der Waals surface area contributed by atoms with Crippen molar-refractivity contribution < 1.29 is 24.2 Å². The number of allylic oxidation sites excluding steroid dienone is 4. The van der Waals surface area contributed by atoms with Crippen LogP contribution in [-0.4, -0.2) is 36.4 Å². The van der Waals surface area contributed by atoms with Gasteiger partial charge in [0.05, 0.1) is 6.61 Å². The van der Waals surface area contributed by atoms with Gasteiger partial charge in [0, 0.05) is 12.8 Å². The molecular weight excluding hydrogens is 669 g/mol. The summed E-state index contributed by atoms with van der Waals surface area (Å²) in [5.41, 5.74) is 0. The van der Waals surface area contributed by atoms with Crippen LogP contribution in [0.15, 0.2) is 24.3 Å². The van der Waals surface area contributed by atoms with E-state index in [4.69, 9.17) is 9.47 Å². The topological polar surface area (TPSA) is 72.8 Å². The van der Waals surface area contributed by atoms with E-state index >= 15 is 0 Å². The van der Waals surface area contributed by atoms with Crippen molar-refractivity contribution in [3.05, 3.63) is 24.3 Å². The molecule has 0 saturated carbocycles. The summed E-state index contributed by atoms with van der Waals surface area (Å²) in [6.45, 7) is 4.16. The first kappa shape index (κ1) is 52.4. The van der Waals surface area contributed by atoms with E-state index in [1.165, 1.54) is 193 Å². The molecule has 0 spiro atoms. The summed E-state index contributed by atoms with van der Waals surface area (Å²) in [6.07, 6.45) is 55.4. The van der Waals surface area contributed by atoms with Gasteiger partial charge in [0.1, 0.15) is 6.61 Å². The smallest absolute Gasteiger partial charge is 0.306 e. The Morgan fingerprint density at radius 3 is 1.00 bits per heavy atom. The standard InChI is InChI=1S/C49H92O5/c1-3-5-7-9-11-13-15-17-19-21-23-24-26-27-29-31-33-35-37-39-41-43-48(51)53-46-47(45-50)54-49(52)44-42-40-38-36-34-32-30-28-25-22-20-18-16-14-12-10-8-6-4-2/h17-20,47,50H,3-16,21-46H2,1-2H3/b19-17-,20-18-/t47-/m0/s1. The lowest BCUT2D eigenvalue weighted by Gasteiger charge is -2.15.